The smallest absolute Gasteiger partial charge is 0.309 e. The molecule has 0 radical (unpaired) electrons. The molecule has 6 nitrogen and oxygen atoms in total. The third kappa shape index (κ3) is 6.91. The number of nitrogens with zero attached hydrogens (tertiary/aromatic N) is 2. The SMILES string of the molecule is CCOC(=O)[C@H]1C[C@H]1c1ccc(N(CC(C)C)C2CCCCC2)c(NC(=O)Cc2ccc(C#N)cc2)c1. The van der Waals surface area contributed by atoms with Crippen LogP contribution in [-0.2, 0) is 20.7 Å². The van der Waals surface area contributed by atoms with E-state index in [2.05, 4.69) is 48.3 Å². The van der Waals surface area contributed by atoms with Crippen molar-refractivity contribution in [3.05, 3.63) is 59.2 Å². The summed E-state index contributed by atoms with van der Waals surface area (Å²) in [6, 6.07) is 16.1. The first-order valence-corrected chi connectivity index (χ1v) is 13.8. The highest BCUT2D eigenvalue weighted by molar-refractivity contribution is 5.96. The van der Waals surface area contributed by atoms with Crippen LogP contribution in [0.4, 0.5) is 11.4 Å². The normalized spacial score (nSPS) is 19.2. The van der Waals surface area contributed by atoms with Gasteiger partial charge in [-0.1, -0.05) is 51.3 Å². The Hall–Kier alpha value is -3.33. The number of anilines is 2. The molecule has 1 amide bonds. The maximum absolute atomic E-state index is 13.2. The van der Waals surface area contributed by atoms with Crippen LogP contribution in [0.2, 0.25) is 0 Å². The fourth-order valence-electron chi connectivity index (χ4n) is 5.52. The molecule has 4 rings (SSSR count). The van der Waals surface area contributed by atoms with Crippen LogP contribution in [0, 0.1) is 23.2 Å². The molecule has 2 aromatic carbocycles. The molecule has 0 aromatic heterocycles. The zero-order valence-electron chi connectivity index (χ0n) is 22.3. The number of nitriles is 1. The first-order chi connectivity index (χ1) is 17.9. The second-order valence-electron chi connectivity index (χ2n) is 10.8. The Morgan fingerprint density at radius 2 is 1.84 bits per heavy atom. The van der Waals surface area contributed by atoms with E-state index in [4.69, 9.17) is 10.00 Å². The van der Waals surface area contributed by atoms with E-state index in [0.717, 1.165) is 35.5 Å². The molecule has 0 saturated heterocycles. The Morgan fingerprint density at radius 1 is 1.11 bits per heavy atom. The highest BCUT2D eigenvalue weighted by Crippen LogP contribution is 2.49. The first-order valence-electron chi connectivity index (χ1n) is 13.8. The standard InChI is InChI=1S/C31H39N3O3/c1-4-37-31(36)27-18-26(27)24-14-15-29(34(20-21(2)3)25-8-6-5-7-9-25)28(17-24)33-30(35)16-22-10-12-23(19-32)13-11-22/h10-15,17,21,25-27H,4-9,16,18,20H2,1-3H3,(H,33,35)/t26-,27-/m0/s1. The number of ether oxygens (including phenoxy) is 1. The Morgan fingerprint density at radius 3 is 2.49 bits per heavy atom. The van der Waals surface area contributed by atoms with Crippen molar-refractivity contribution in [3.8, 4) is 6.07 Å². The van der Waals surface area contributed by atoms with Gasteiger partial charge in [0.2, 0.25) is 5.91 Å². The van der Waals surface area contributed by atoms with E-state index in [1.54, 1.807) is 12.1 Å². The minimum Gasteiger partial charge on any atom is -0.466 e. The Labute approximate surface area is 221 Å². The van der Waals surface area contributed by atoms with Gasteiger partial charge < -0.3 is 15.0 Å². The number of benzene rings is 2. The first kappa shape index (κ1) is 26.7. The van der Waals surface area contributed by atoms with Gasteiger partial charge in [0, 0.05) is 12.6 Å². The lowest BCUT2D eigenvalue weighted by atomic mass is 9.92. The van der Waals surface area contributed by atoms with Crippen LogP contribution < -0.4 is 10.2 Å². The highest BCUT2D eigenvalue weighted by Gasteiger charge is 2.45. The van der Waals surface area contributed by atoms with Crippen molar-refractivity contribution in [2.75, 3.05) is 23.4 Å². The van der Waals surface area contributed by atoms with Gasteiger partial charge in [-0.3, -0.25) is 9.59 Å². The quantitative estimate of drug-likeness (QED) is 0.392. The predicted molar refractivity (Wildman–Crippen MR) is 146 cm³/mol. The summed E-state index contributed by atoms with van der Waals surface area (Å²) < 4.78 is 5.24. The number of carbonyl (C=O) groups excluding carboxylic acids is 2. The molecule has 0 unspecified atom stereocenters. The summed E-state index contributed by atoms with van der Waals surface area (Å²) in [6.07, 6.45) is 7.12. The number of nitrogens with one attached hydrogen (secondary N) is 1. The fraction of sp³-hybridized carbons (Fsp3) is 0.516. The third-order valence-electron chi connectivity index (χ3n) is 7.44. The van der Waals surface area contributed by atoms with Crippen LogP contribution in [0.3, 0.4) is 0 Å². The van der Waals surface area contributed by atoms with Crippen LogP contribution in [0.25, 0.3) is 0 Å². The molecule has 2 atom stereocenters. The van der Waals surface area contributed by atoms with Crippen molar-refractivity contribution in [1.82, 2.24) is 0 Å². The molecule has 0 aliphatic heterocycles. The van der Waals surface area contributed by atoms with Crippen LogP contribution in [0.1, 0.15) is 81.9 Å². The van der Waals surface area contributed by atoms with Crippen molar-refractivity contribution in [3.63, 3.8) is 0 Å². The summed E-state index contributed by atoms with van der Waals surface area (Å²) in [5.74, 6) is 0.301. The molecule has 0 bridgehead atoms. The summed E-state index contributed by atoms with van der Waals surface area (Å²) >= 11 is 0. The number of rotatable bonds is 10. The van der Waals surface area contributed by atoms with Gasteiger partial charge in [-0.2, -0.15) is 5.26 Å². The van der Waals surface area contributed by atoms with Gasteiger partial charge >= 0.3 is 5.97 Å². The van der Waals surface area contributed by atoms with E-state index in [1.807, 2.05) is 19.1 Å². The van der Waals surface area contributed by atoms with Crippen molar-refractivity contribution in [1.29, 1.82) is 5.26 Å². The molecular formula is C31H39N3O3. The van der Waals surface area contributed by atoms with Crippen LogP contribution >= 0.6 is 0 Å². The van der Waals surface area contributed by atoms with Gasteiger partial charge in [0.25, 0.3) is 0 Å². The molecular weight excluding hydrogens is 462 g/mol. The van der Waals surface area contributed by atoms with Crippen molar-refractivity contribution < 1.29 is 14.3 Å². The van der Waals surface area contributed by atoms with E-state index in [0.29, 0.717) is 24.1 Å². The van der Waals surface area contributed by atoms with Gasteiger partial charge in [0.1, 0.15) is 0 Å². The molecule has 2 aromatic rings. The summed E-state index contributed by atoms with van der Waals surface area (Å²) in [4.78, 5) is 28.0. The minimum atomic E-state index is -0.133. The molecule has 2 fully saturated rings. The molecule has 0 heterocycles. The molecule has 196 valence electrons. The fourth-order valence-corrected chi connectivity index (χ4v) is 5.52. The summed E-state index contributed by atoms with van der Waals surface area (Å²) in [5, 5.41) is 12.3. The topological polar surface area (TPSA) is 82.4 Å². The second kappa shape index (κ2) is 12.3. The predicted octanol–water partition coefficient (Wildman–Crippen LogP) is 6.20. The average Bonchev–Trinajstić information content (AvgIpc) is 3.70. The van der Waals surface area contributed by atoms with Crippen LogP contribution in [-0.4, -0.2) is 31.1 Å². The van der Waals surface area contributed by atoms with Crippen LogP contribution in [0.5, 0.6) is 0 Å². The Balaban J connectivity index is 1.61. The summed E-state index contributed by atoms with van der Waals surface area (Å²) in [6.45, 7) is 7.63. The molecule has 2 saturated carbocycles. The maximum Gasteiger partial charge on any atom is 0.309 e. The van der Waals surface area contributed by atoms with Crippen molar-refractivity contribution in [2.24, 2.45) is 11.8 Å². The number of esters is 1. The van der Waals surface area contributed by atoms with Crippen molar-refractivity contribution in [2.45, 2.75) is 77.7 Å². The lowest BCUT2D eigenvalue weighted by Crippen LogP contribution is -2.40. The largest absolute Gasteiger partial charge is 0.466 e. The third-order valence-corrected chi connectivity index (χ3v) is 7.44. The maximum atomic E-state index is 13.2. The highest BCUT2D eigenvalue weighted by atomic mass is 16.5. The lowest BCUT2D eigenvalue weighted by Gasteiger charge is -2.38. The molecule has 37 heavy (non-hydrogen) atoms. The second-order valence-corrected chi connectivity index (χ2v) is 10.8. The average molecular weight is 502 g/mol. The van der Waals surface area contributed by atoms with Gasteiger partial charge in [-0.25, -0.2) is 0 Å². The number of carbonyl (C=O) groups is 2. The molecule has 1 N–H and O–H groups in total. The van der Waals surface area contributed by atoms with E-state index in [9.17, 15) is 9.59 Å². The van der Waals surface area contributed by atoms with E-state index in [1.165, 1.54) is 32.1 Å². The van der Waals surface area contributed by atoms with E-state index < -0.39 is 0 Å². The monoisotopic (exact) mass is 501 g/mol. The number of amides is 1. The van der Waals surface area contributed by atoms with Gasteiger partial charge in [-0.15, -0.1) is 0 Å². The van der Waals surface area contributed by atoms with Crippen LogP contribution in [0.15, 0.2) is 42.5 Å². The zero-order chi connectivity index (χ0) is 26.4. The van der Waals surface area contributed by atoms with Gasteiger partial charge in [0.05, 0.1) is 42.0 Å². The molecule has 6 heteroatoms. The Bertz CT molecular complexity index is 1130. The summed E-state index contributed by atoms with van der Waals surface area (Å²) in [5.41, 5.74) is 4.40. The van der Waals surface area contributed by atoms with Crippen molar-refractivity contribution >= 4 is 23.3 Å². The minimum absolute atomic E-state index is 0.0889. The zero-order valence-corrected chi connectivity index (χ0v) is 22.3. The molecule has 2 aliphatic carbocycles. The van der Waals surface area contributed by atoms with E-state index in [-0.39, 0.29) is 30.1 Å². The van der Waals surface area contributed by atoms with Gasteiger partial charge in [0.15, 0.2) is 0 Å². The molecule has 2 aliphatic rings. The number of hydrogen-bond donors (Lipinski definition) is 1. The number of hydrogen-bond acceptors (Lipinski definition) is 5. The molecule has 0 spiro atoms. The van der Waals surface area contributed by atoms with E-state index >= 15 is 0 Å². The lowest BCUT2D eigenvalue weighted by molar-refractivity contribution is -0.144. The summed E-state index contributed by atoms with van der Waals surface area (Å²) in [7, 11) is 0. The Kier molecular flexibility index (Phi) is 8.87. The van der Waals surface area contributed by atoms with Gasteiger partial charge in [-0.05, 0) is 73.4 Å².